The van der Waals surface area contributed by atoms with Crippen LogP contribution in [0.4, 0.5) is 5.13 Å². The fourth-order valence-corrected chi connectivity index (χ4v) is 6.46. The molecule has 0 atom stereocenters. The van der Waals surface area contributed by atoms with Crippen LogP contribution in [0.5, 0.6) is 0 Å². The van der Waals surface area contributed by atoms with E-state index in [1.807, 2.05) is 49.4 Å². The molecule has 7 nitrogen and oxygen atoms in total. The Morgan fingerprint density at radius 3 is 2.46 bits per heavy atom. The van der Waals surface area contributed by atoms with Crippen molar-refractivity contribution in [3.63, 3.8) is 0 Å². The zero-order chi connectivity index (χ0) is 24.4. The normalized spacial score (nSPS) is 14.8. The average Bonchev–Trinajstić information content (AvgIpc) is 3.31. The lowest BCUT2D eigenvalue weighted by Gasteiger charge is -2.26. The van der Waals surface area contributed by atoms with Gasteiger partial charge in [-0.15, -0.1) is 0 Å². The molecule has 0 aliphatic carbocycles. The molecule has 1 aromatic heterocycles. The van der Waals surface area contributed by atoms with Crippen LogP contribution < -0.4 is 4.90 Å². The third-order valence-corrected chi connectivity index (χ3v) is 8.86. The SMILES string of the molecule is Cc1ccc2nc(N(Cc3ccccc3)C(=O)c3ccc(S(=O)(=O)N4CCOCC4)cc3)sc2c1. The van der Waals surface area contributed by atoms with E-state index in [9.17, 15) is 13.2 Å². The van der Waals surface area contributed by atoms with Gasteiger partial charge in [0.15, 0.2) is 5.13 Å². The van der Waals surface area contributed by atoms with Crippen LogP contribution in [0.3, 0.4) is 0 Å². The van der Waals surface area contributed by atoms with Gasteiger partial charge in [-0.3, -0.25) is 9.69 Å². The summed E-state index contributed by atoms with van der Waals surface area (Å²) in [7, 11) is -3.63. The number of fused-ring (bicyclic) bond motifs is 1. The molecule has 0 saturated carbocycles. The number of hydrogen-bond donors (Lipinski definition) is 0. The van der Waals surface area contributed by atoms with Crippen molar-refractivity contribution in [1.29, 1.82) is 0 Å². The Balaban J connectivity index is 1.47. The number of anilines is 1. The summed E-state index contributed by atoms with van der Waals surface area (Å²) in [5.41, 5.74) is 3.35. The third-order valence-electron chi connectivity index (χ3n) is 5.90. The Bertz CT molecular complexity index is 1450. The standard InChI is InChI=1S/C26H25N3O4S2/c1-19-7-12-23-24(17-19)34-26(27-23)29(18-20-5-3-2-4-6-20)25(30)21-8-10-22(11-9-21)35(31,32)28-13-15-33-16-14-28/h2-12,17H,13-16,18H2,1H3. The van der Waals surface area contributed by atoms with E-state index in [-0.39, 0.29) is 10.8 Å². The van der Waals surface area contributed by atoms with Crippen molar-refractivity contribution in [3.8, 4) is 0 Å². The number of hydrogen-bond acceptors (Lipinski definition) is 6. The van der Waals surface area contributed by atoms with E-state index >= 15 is 0 Å². The highest BCUT2D eigenvalue weighted by molar-refractivity contribution is 7.89. The highest BCUT2D eigenvalue weighted by atomic mass is 32.2. The van der Waals surface area contributed by atoms with Crippen molar-refractivity contribution in [2.45, 2.75) is 18.4 Å². The Morgan fingerprint density at radius 1 is 1.03 bits per heavy atom. The van der Waals surface area contributed by atoms with Crippen molar-refractivity contribution < 1.29 is 17.9 Å². The molecule has 35 heavy (non-hydrogen) atoms. The number of carbonyl (C=O) groups is 1. The van der Waals surface area contributed by atoms with Gasteiger partial charge in [0.1, 0.15) is 0 Å². The number of ether oxygens (including phenoxy) is 1. The lowest BCUT2D eigenvalue weighted by Crippen LogP contribution is -2.40. The molecule has 1 fully saturated rings. The van der Waals surface area contributed by atoms with E-state index in [0.717, 1.165) is 21.3 Å². The number of sulfonamides is 1. The van der Waals surface area contributed by atoms with Gasteiger partial charge in [-0.25, -0.2) is 13.4 Å². The van der Waals surface area contributed by atoms with Crippen molar-refractivity contribution >= 4 is 42.6 Å². The predicted octanol–water partition coefficient (Wildman–Crippen LogP) is 4.47. The number of amides is 1. The molecule has 1 aliphatic rings. The molecule has 9 heteroatoms. The summed E-state index contributed by atoms with van der Waals surface area (Å²) in [6.07, 6.45) is 0. The van der Waals surface area contributed by atoms with Crippen LogP contribution in [-0.2, 0) is 21.3 Å². The molecule has 3 aromatic carbocycles. The second-order valence-electron chi connectivity index (χ2n) is 8.39. The summed E-state index contributed by atoms with van der Waals surface area (Å²) in [5, 5.41) is 0.601. The molecule has 2 heterocycles. The first-order valence-electron chi connectivity index (χ1n) is 11.3. The van der Waals surface area contributed by atoms with E-state index in [1.54, 1.807) is 17.0 Å². The second-order valence-corrected chi connectivity index (χ2v) is 11.3. The molecule has 180 valence electrons. The summed E-state index contributed by atoms with van der Waals surface area (Å²) in [6.45, 7) is 3.79. The van der Waals surface area contributed by atoms with Crippen molar-refractivity contribution in [1.82, 2.24) is 9.29 Å². The van der Waals surface area contributed by atoms with E-state index in [4.69, 9.17) is 9.72 Å². The van der Waals surface area contributed by atoms with Crippen LogP contribution in [0.15, 0.2) is 77.7 Å². The van der Waals surface area contributed by atoms with Crippen LogP contribution in [-0.4, -0.2) is 49.9 Å². The minimum atomic E-state index is -3.63. The van der Waals surface area contributed by atoms with Crippen molar-refractivity contribution in [2.75, 3.05) is 31.2 Å². The number of nitrogens with zero attached hydrogens (tertiary/aromatic N) is 3. The molecular weight excluding hydrogens is 482 g/mol. The van der Waals surface area contributed by atoms with Gasteiger partial charge in [0.2, 0.25) is 10.0 Å². The van der Waals surface area contributed by atoms with Gasteiger partial charge in [-0.05, 0) is 54.4 Å². The molecule has 1 amide bonds. The maximum atomic E-state index is 13.7. The van der Waals surface area contributed by atoms with E-state index in [1.165, 1.54) is 27.8 Å². The summed E-state index contributed by atoms with van der Waals surface area (Å²) in [4.78, 5) is 20.2. The quantitative estimate of drug-likeness (QED) is 0.385. The van der Waals surface area contributed by atoms with Crippen LogP contribution in [0, 0.1) is 6.92 Å². The van der Waals surface area contributed by atoms with Gasteiger partial charge in [0.05, 0.1) is 34.9 Å². The van der Waals surface area contributed by atoms with Gasteiger partial charge >= 0.3 is 0 Å². The molecule has 0 bridgehead atoms. The summed E-state index contributed by atoms with van der Waals surface area (Å²) in [6, 6.07) is 21.9. The highest BCUT2D eigenvalue weighted by Gasteiger charge is 2.27. The smallest absolute Gasteiger partial charge is 0.260 e. The van der Waals surface area contributed by atoms with Crippen molar-refractivity contribution in [2.24, 2.45) is 0 Å². The summed E-state index contributed by atoms with van der Waals surface area (Å²) < 4.78 is 33.6. The lowest BCUT2D eigenvalue weighted by atomic mass is 10.1. The number of morpholine rings is 1. The molecule has 0 spiro atoms. The third kappa shape index (κ3) is 4.99. The Labute approximate surface area is 208 Å². The van der Waals surface area contributed by atoms with Gasteiger partial charge in [-0.1, -0.05) is 47.7 Å². The Kier molecular flexibility index (Phi) is 6.66. The van der Waals surface area contributed by atoms with Crippen LogP contribution in [0.25, 0.3) is 10.2 Å². The van der Waals surface area contributed by atoms with Gasteiger partial charge in [-0.2, -0.15) is 4.31 Å². The molecule has 0 radical (unpaired) electrons. The topological polar surface area (TPSA) is 79.8 Å². The minimum absolute atomic E-state index is 0.168. The van der Waals surface area contributed by atoms with Crippen LogP contribution in [0.2, 0.25) is 0 Å². The second kappa shape index (κ2) is 9.87. The first-order valence-corrected chi connectivity index (χ1v) is 13.6. The largest absolute Gasteiger partial charge is 0.379 e. The number of thiazole rings is 1. The molecule has 4 aromatic rings. The minimum Gasteiger partial charge on any atom is -0.379 e. The lowest BCUT2D eigenvalue weighted by molar-refractivity contribution is 0.0730. The molecule has 5 rings (SSSR count). The highest BCUT2D eigenvalue weighted by Crippen LogP contribution is 2.31. The zero-order valence-corrected chi connectivity index (χ0v) is 20.9. The van der Waals surface area contributed by atoms with E-state index in [2.05, 4.69) is 6.07 Å². The van der Waals surface area contributed by atoms with Gasteiger partial charge < -0.3 is 4.74 Å². The van der Waals surface area contributed by atoms with Crippen LogP contribution in [0.1, 0.15) is 21.5 Å². The summed E-state index contributed by atoms with van der Waals surface area (Å²) >= 11 is 1.47. The zero-order valence-electron chi connectivity index (χ0n) is 19.3. The first kappa shape index (κ1) is 23.6. The monoisotopic (exact) mass is 507 g/mol. The van der Waals surface area contributed by atoms with E-state index in [0.29, 0.717) is 43.5 Å². The number of aryl methyl sites for hydroxylation is 1. The Hall–Kier alpha value is -3.11. The van der Waals surface area contributed by atoms with Gasteiger partial charge in [0.25, 0.3) is 5.91 Å². The fraction of sp³-hybridized carbons (Fsp3) is 0.231. The summed E-state index contributed by atoms with van der Waals surface area (Å²) in [5.74, 6) is -0.236. The molecule has 0 unspecified atom stereocenters. The average molecular weight is 508 g/mol. The molecule has 1 saturated heterocycles. The predicted molar refractivity (Wildman–Crippen MR) is 137 cm³/mol. The van der Waals surface area contributed by atoms with Crippen molar-refractivity contribution in [3.05, 3.63) is 89.5 Å². The maximum Gasteiger partial charge on any atom is 0.260 e. The van der Waals surface area contributed by atoms with E-state index < -0.39 is 10.0 Å². The van der Waals surface area contributed by atoms with Gasteiger partial charge in [0, 0.05) is 18.7 Å². The fourth-order valence-electron chi connectivity index (χ4n) is 3.99. The first-order chi connectivity index (χ1) is 16.9. The number of benzene rings is 3. The maximum absolute atomic E-state index is 13.7. The van der Waals surface area contributed by atoms with Crippen LogP contribution >= 0.6 is 11.3 Å². The Morgan fingerprint density at radius 2 is 1.74 bits per heavy atom. The molecule has 1 aliphatic heterocycles. The number of rotatable bonds is 6. The number of carbonyl (C=O) groups excluding carboxylic acids is 1. The molecule has 0 N–H and O–H groups in total. The number of aromatic nitrogens is 1. The molecular formula is C26H25N3O4S2.